The van der Waals surface area contributed by atoms with Crippen LogP contribution >= 0.6 is 11.8 Å². The van der Waals surface area contributed by atoms with Crippen molar-refractivity contribution in [3.63, 3.8) is 0 Å². The molecule has 1 aromatic rings. The predicted octanol–water partition coefficient (Wildman–Crippen LogP) is 1.92. The van der Waals surface area contributed by atoms with Crippen LogP contribution in [0.2, 0.25) is 0 Å². The highest BCUT2D eigenvalue weighted by Gasteiger charge is 2.13. The first-order valence-corrected chi connectivity index (χ1v) is 7.53. The van der Waals surface area contributed by atoms with Crippen molar-refractivity contribution in [3.8, 4) is 0 Å². The molecule has 0 bridgehead atoms. The summed E-state index contributed by atoms with van der Waals surface area (Å²) >= 11 is 1.92. The highest BCUT2D eigenvalue weighted by molar-refractivity contribution is 7.99. The van der Waals surface area contributed by atoms with Gasteiger partial charge in [-0.05, 0) is 31.7 Å². The third-order valence-electron chi connectivity index (χ3n) is 3.47. The van der Waals surface area contributed by atoms with E-state index < -0.39 is 0 Å². The molecule has 0 radical (unpaired) electrons. The first-order valence-electron chi connectivity index (χ1n) is 6.55. The van der Waals surface area contributed by atoms with Crippen molar-refractivity contribution in [1.29, 1.82) is 0 Å². The molecule has 0 amide bonds. The van der Waals surface area contributed by atoms with Gasteiger partial charge in [0.15, 0.2) is 0 Å². The van der Waals surface area contributed by atoms with Crippen LogP contribution in [0.1, 0.15) is 5.56 Å². The fourth-order valence-electron chi connectivity index (χ4n) is 2.13. The smallest absolute Gasteiger partial charge is 0.0325 e. The second-order valence-electron chi connectivity index (χ2n) is 5.02. The molecule has 1 heterocycles. The Labute approximate surface area is 114 Å². The Kier molecular flexibility index (Phi) is 4.92. The third kappa shape index (κ3) is 3.90. The number of thioether (sulfide) groups is 1. The van der Waals surface area contributed by atoms with Gasteiger partial charge in [0.05, 0.1) is 0 Å². The van der Waals surface area contributed by atoms with E-state index in [1.165, 1.54) is 43.2 Å². The first kappa shape index (κ1) is 13.7. The van der Waals surface area contributed by atoms with Crippen LogP contribution in [0.15, 0.2) is 23.1 Å². The van der Waals surface area contributed by atoms with E-state index >= 15 is 0 Å². The monoisotopic (exact) mass is 265 g/mol. The van der Waals surface area contributed by atoms with Gasteiger partial charge in [-0.3, -0.25) is 4.90 Å². The van der Waals surface area contributed by atoms with Crippen molar-refractivity contribution in [2.75, 3.05) is 51.3 Å². The molecule has 2 N–H and O–H groups in total. The van der Waals surface area contributed by atoms with Gasteiger partial charge in [0.1, 0.15) is 0 Å². The van der Waals surface area contributed by atoms with Crippen molar-refractivity contribution in [1.82, 2.24) is 9.80 Å². The van der Waals surface area contributed by atoms with Crippen molar-refractivity contribution < 1.29 is 0 Å². The molecule has 0 unspecified atom stereocenters. The zero-order valence-corrected chi connectivity index (χ0v) is 12.2. The van der Waals surface area contributed by atoms with E-state index in [2.05, 4.69) is 35.9 Å². The van der Waals surface area contributed by atoms with Gasteiger partial charge < -0.3 is 10.6 Å². The van der Waals surface area contributed by atoms with Gasteiger partial charge in [-0.1, -0.05) is 6.07 Å². The number of hydrogen-bond donors (Lipinski definition) is 1. The van der Waals surface area contributed by atoms with Gasteiger partial charge in [-0.2, -0.15) is 0 Å². The van der Waals surface area contributed by atoms with E-state index in [1.54, 1.807) is 0 Å². The summed E-state index contributed by atoms with van der Waals surface area (Å²) in [6, 6.07) is 6.16. The lowest BCUT2D eigenvalue weighted by atomic mass is 10.2. The molecule has 1 aliphatic rings. The Balaban J connectivity index is 1.76. The van der Waals surface area contributed by atoms with E-state index in [9.17, 15) is 0 Å². The topological polar surface area (TPSA) is 32.5 Å². The van der Waals surface area contributed by atoms with Gasteiger partial charge in [0.25, 0.3) is 0 Å². The van der Waals surface area contributed by atoms with Crippen LogP contribution in [-0.2, 0) is 0 Å². The number of piperazine rings is 1. The summed E-state index contributed by atoms with van der Waals surface area (Å²) < 4.78 is 0. The minimum Gasteiger partial charge on any atom is -0.399 e. The van der Waals surface area contributed by atoms with Crippen LogP contribution in [0, 0.1) is 6.92 Å². The number of hydrogen-bond acceptors (Lipinski definition) is 4. The summed E-state index contributed by atoms with van der Waals surface area (Å²) in [6.45, 7) is 8.12. The van der Waals surface area contributed by atoms with Crippen LogP contribution in [-0.4, -0.2) is 55.3 Å². The van der Waals surface area contributed by atoms with Crippen LogP contribution in [0.4, 0.5) is 5.69 Å². The first-order chi connectivity index (χ1) is 8.65. The molecule has 0 atom stereocenters. The summed E-state index contributed by atoms with van der Waals surface area (Å²) in [7, 11) is 2.20. The van der Waals surface area contributed by atoms with Crippen LogP contribution in [0.5, 0.6) is 0 Å². The highest BCUT2D eigenvalue weighted by atomic mass is 32.2. The van der Waals surface area contributed by atoms with Gasteiger partial charge in [-0.25, -0.2) is 0 Å². The number of rotatable bonds is 4. The van der Waals surface area contributed by atoms with Crippen molar-refractivity contribution in [3.05, 3.63) is 23.8 Å². The molecule has 1 fully saturated rings. The number of aryl methyl sites for hydroxylation is 1. The summed E-state index contributed by atoms with van der Waals surface area (Å²) in [5.74, 6) is 1.15. The van der Waals surface area contributed by atoms with Crippen molar-refractivity contribution >= 4 is 17.4 Å². The molecule has 0 aromatic heterocycles. The van der Waals surface area contributed by atoms with Crippen LogP contribution in [0.25, 0.3) is 0 Å². The molecule has 18 heavy (non-hydrogen) atoms. The van der Waals surface area contributed by atoms with E-state index in [1.807, 2.05) is 17.8 Å². The Hall–Kier alpha value is -0.710. The lowest BCUT2D eigenvalue weighted by molar-refractivity contribution is 0.161. The minimum absolute atomic E-state index is 0.864. The Morgan fingerprint density at radius 1 is 1.22 bits per heavy atom. The molecule has 1 aliphatic heterocycles. The second kappa shape index (κ2) is 6.45. The maximum Gasteiger partial charge on any atom is 0.0325 e. The summed E-state index contributed by atoms with van der Waals surface area (Å²) in [4.78, 5) is 6.27. The third-order valence-corrected chi connectivity index (χ3v) is 4.61. The zero-order chi connectivity index (χ0) is 13.0. The minimum atomic E-state index is 0.864. The number of likely N-dealkylation sites (N-methyl/N-ethyl adjacent to an activating group) is 1. The molecule has 2 rings (SSSR count). The van der Waals surface area contributed by atoms with Gasteiger partial charge in [0.2, 0.25) is 0 Å². The largest absolute Gasteiger partial charge is 0.399 e. The molecular formula is C14H23N3S. The number of nitrogens with zero attached hydrogens (tertiary/aromatic N) is 2. The fourth-order valence-corrected chi connectivity index (χ4v) is 3.21. The summed E-state index contributed by atoms with van der Waals surface area (Å²) in [6.07, 6.45) is 0. The molecule has 1 aromatic carbocycles. The number of benzene rings is 1. The van der Waals surface area contributed by atoms with E-state index in [4.69, 9.17) is 5.73 Å². The van der Waals surface area contributed by atoms with Gasteiger partial charge >= 0.3 is 0 Å². The maximum absolute atomic E-state index is 5.83. The average Bonchev–Trinajstić information content (AvgIpc) is 2.36. The molecule has 4 heteroatoms. The average molecular weight is 265 g/mol. The molecule has 1 saturated heterocycles. The Morgan fingerprint density at radius 2 is 1.94 bits per heavy atom. The molecule has 0 spiro atoms. The van der Waals surface area contributed by atoms with Crippen molar-refractivity contribution in [2.24, 2.45) is 0 Å². The lowest BCUT2D eigenvalue weighted by Gasteiger charge is -2.32. The number of nitrogens with two attached hydrogens (primary N) is 1. The Morgan fingerprint density at radius 3 is 2.67 bits per heavy atom. The van der Waals surface area contributed by atoms with Gasteiger partial charge in [0, 0.05) is 49.1 Å². The fraction of sp³-hybridized carbons (Fsp3) is 0.571. The SMILES string of the molecule is Cc1ccc(N)cc1SCCN1CCN(C)CC1. The zero-order valence-electron chi connectivity index (χ0n) is 11.4. The maximum atomic E-state index is 5.83. The van der Waals surface area contributed by atoms with E-state index in [0.717, 1.165) is 11.4 Å². The molecular weight excluding hydrogens is 242 g/mol. The number of nitrogen functional groups attached to an aromatic ring is 1. The molecule has 0 saturated carbocycles. The molecule has 3 nitrogen and oxygen atoms in total. The Bertz CT molecular complexity index is 387. The lowest BCUT2D eigenvalue weighted by Crippen LogP contribution is -2.45. The van der Waals surface area contributed by atoms with E-state index in [0.29, 0.717) is 0 Å². The number of anilines is 1. The standard InChI is InChI=1S/C14H23N3S/c1-12-3-4-13(15)11-14(12)18-10-9-17-7-5-16(2)6-8-17/h3-4,11H,5-10,15H2,1-2H3. The van der Waals surface area contributed by atoms with Crippen molar-refractivity contribution in [2.45, 2.75) is 11.8 Å². The second-order valence-corrected chi connectivity index (χ2v) is 6.16. The van der Waals surface area contributed by atoms with Crippen LogP contribution < -0.4 is 5.73 Å². The predicted molar refractivity (Wildman–Crippen MR) is 80.3 cm³/mol. The summed E-state index contributed by atoms with van der Waals surface area (Å²) in [5, 5.41) is 0. The normalized spacial score (nSPS) is 18.1. The quantitative estimate of drug-likeness (QED) is 0.666. The van der Waals surface area contributed by atoms with E-state index in [-0.39, 0.29) is 0 Å². The molecule has 0 aliphatic carbocycles. The van der Waals surface area contributed by atoms with Crippen LogP contribution in [0.3, 0.4) is 0 Å². The molecule has 100 valence electrons. The summed E-state index contributed by atoms with van der Waals surface area (Å²) in [5.41, 5.74) is 8.02. The van der Waals surface area contributed by atoms with Gasteiger partial charge in [-0.15, -0.1) is 11.8 Å². The highest BCUT2D eigenvalue weighted by Crippen LogP contribution is 2.24.